The van der Waals surface area contributed by atoms with E-state index in [1.54, 1.807) is 18.6 Å². The lowest BCUT2D eigenvalue weighted by Crippen LogP contribution is -2.31. The Bertz CT molecular complexity index is 569. The standard InChI is InChI=1S/C12H10Cl2N2O2S/c1-16(12-15-2-3-19-12)11(18)10(17)7-4-8(13)6-9(14)5-7/h2-6,10,17H,1H3. The fourth-order valence-corrected chi connectivity index (χ4v) is 2.69. The number of aromatic nitrogens is 1. The number of hydrogen-bond acceptors (Lipinski definition) is 4. The van der Waals surface area contributed by atoms with Crippen LogP contribution in [-0.2, 0) is 4.79 Å². The van der Waals surface area contributed by atoms with Crippen molar-refractivity contribution < 1.29 is 9.90 Å². The number of thiazole rings is 1. The van der Waals surface area contributed by atoms with E-state index in [1.165, 1.54) is 34.4 Å². The molecule has 0 aliphatic heterocycles. The van der Waals surface area contributed by atoms with Gasteiger partial charge in [-0.2, -0.15) is 0 Å². The molecule has 4 nitrogen and oxygen atoms in total. The van der Waals surface area contributed by atoms with Crippen molar-refractivity contribution in [1.82, 2.24) is 4.98 Å². The van der Waals surface area contributed by atoms with Gasteiger partial charge in [-0.05, 0) is 23.8 Å². The molecule has 0 saturated carbocycles. The van der Waals surface area contributed by atoms with E-state index in [4.69, 9.17) is 23.2 Å². The second-order valence-corrected chi connectivity index (χ2v) is 5.56. The molecule has 0 fully saturated rings. The first-order chi connectivity index (χ1) is 8.99. The maximum Gasteiger partial charge on any atom is 0.261 e. The topological polar surface area (TPSA) is 53.4 Å². The van der Waals surface area contributed by atoms with Gasteiger partial charge >= 0.3 is 0 Å². The number of likely N-dealkylation sites (N-methyl/N-ethyl adjacent to an activating group) is 1. The van der Waals surface area contributed by atoms with Crippen molar-refractivity contribution >= 4 is 45.6 Å². The third kappa shape index (κ3) is 3.25. The smallest absolute Gasteiger partial charge is 0.261 e. The Hall–Kier alpha value is -1.14. The van der Waals surface area contributed by atoms with Crippen LogP contribution in [0.1, 0.15) is 11.7 Å². The van der Waals surface area contributed by atoms with Gasteiger partial charge in [-0.25, -0.2) is 4.98 Å². The number of aliphatic hydroxyl groups excluding tert-OH is 1. The molecule has 0 radical (unpaired) electrons. The molecule has 19 heavy (non-hydrogen) atoms. The van der Waals surface area contributed by atoms with Crippen molar-refractivity contribution in [3.8, 4) is 0 Å². The van der Waals surface area contributed by atoms with Crippen molar-refractivity contribution in [3.63, 3.8) is 0 Å². The van der Waals surface area contributed by atoms with Crippen LogP contribution in [0.2, 0.25) is 10.0 Å². The van der Waals surface area contributed by atoms with E-state index in [0.29, 0.717) is 20.7 Å². The van der Waals surface area contributed by atoms with E-state index in [0.717, 1.165) is 0 Å². The first-order valence-corrected chi connectivity index (χ1v) is 6.93. The van der Waals surface area contributed by atoms with Crippen LogP contribution in [0.15, 0.2) is 29.8 Å². The largest absolute Gasteiger partial charge is 0.378 e. The SMILES string of the molecule is CN(C(=O)C(O)c1cc(Cl)cc(Cl)c1)c1nccs1. The van der Waals surface area contributed by atoms with Gasteiger partial charge in [0.1, 0.15) is 0 Å². The van der Waals surface area contributed by atoms with E-state index in [9.17, 15) is 9.90 Å². The Morgan fingerprint density at radius 3 is 2.53 bits per heavy atom. The molecule has 1 atom stereocenters. The van der Waals surface area contributed by atoms with Crippen LogP contribution in [0.3, 0.4) is 0 Å². The summed E-state index contributed by atoms with van der Waals surface area (Å²) in [5, 5.41) is 13.1. The molecule has 100 valence electrons. The molecule has 0 spiro atoms. The molecule has 7 heteroatoms. The van der Waals surface area contributed by atoms with Gasteiger partial charge in [-0.15, -0.1) is 11.3 Å². The van der Waals surface area contributed by atoms with E-state index in [-0.39, 0.29) is 0 Å². The number of rotatable bonds is 3. The Morgan fingerprint density at radius 2 is 2.00 bits per heavy atom. The predicted molar refractivity (Wildman–Crippen MR) is 76.9 cm³/mol. The van der Waals surface area contributed by atoms with Gasteiger partial charge in [0.15, 0.2) is 11.2 Å². The Morgan fingerprint density at radius 1 is 1.37 bits per heavy atom. The highest BCUT2D eigenvalue weighted by molar-refractivity contribution is 7.13. The van der Waals surface area contributed by atoms with Gasteiger partial charge in [0.25, 0.3) is 5.91 Å². The average molecular weight is 317 g/mol. The van der Waals surface area contributed by atoms with E-state index in [2.05, 4.69) is 4.98 Å². The summed E-state index contributed by atoms with van der Waals surface area (Å²) in [5.41, 5.74) is 0.353. The third-order valence-electron chi connectivity index (χ3n) is 2.47. The van der Waals surface area contributed by atoms with E-state index < -0.39 is 12.0 Å². The fraction of sp³-hybridized carbons (Fsp3) is 0.167. The second-order valence-electron chi connectivity index (χ2n) is 3.82. The van der Waals surface area contributed by atoms with Crippen LogP contribution in [0.25, 0.3) is 0 Å². The summed E-state index contributed by atoms with van der Waals surface area (Å²) in [6.45, 7) is 0. The van der Waals surface area contributed by atoms with Crippen molar-refractivity contribution in [2.24, 2.45) is 0 Å². The van der Waals surface area contributed by atoms with Gasteiger partial charge in [0, 0.05) is 28.7 Å². The molecular weight excluding hydrogens is 307 g/mol. The normalized spacial score (nSPS) is 12.2. The quantitative estimate of drug-likeness (QED) is 0.946. The molecule has 1 N–H and O–H groups in total. The molecule has 0 saturated heterocycles. The van der Waals surface area contributed by atoms with E-state index >= 15 is 0 Å². The zero-order chi connectivity index (χ0) is 14.0. The van der Waals surface area contributed by atoms with Crippen LogP contribution in [0, 0.1) is 0 Å². The zero-order valence-electron chi connectivity index (χ0n) is 9.88. The Kier molecular flexibility index (Phi) is 4.42. The lowest BCUT2D eigenvalue weighted by molar-refractivity contribution is -0.126. The van der Waals surface area contributed by atoms with Crippen molar-refractivity contribution in [2.75, 3.05) is 11.9 Å². The maximum absolute atomic E-state index is 12.1. The molecule has 1 aromatic heterocycles. The molecule has 1 aromatic carbocycles. The summed E-state index contributed by atoms with van der Waals surface area (Å²) in [6, 6.07) is 4.55. The molecule has 1 heterocycles. The average Bonchev–Trinajstić information content (AvgIpc) is 2.88. The van der Waals surface area contributed by atoms with Gasteiger partial charge in [0.2, 0.25) is 0 Å². The van der Waals surface area contributed by atoms with Crippen LogP contribution in [-0.4, -0.2) is 23.0 Å². The number of amides is 1. The number of aliphatic hydroxyl groups is 1. The number of hydrogen-bond donors (Lipinski definition) is 1. The second kappa shape index (κ2) is 5.88. The first-order valence-electron chi connectivity index (χ1n) is 5.30. The predicted octanol–water partition coefficient (Wildman–Crippen LogP) is 3.15. The lowest BCUT2D eigenvalue weighted by atomic mass is 10.1. The van der Waals surface area contributed by atoms with Crippen LogP contribution in [0.4, 0.5) is 5.13 Å². The summed E-state index contributed by atoms with van der Waals surface area (Å²) in [7, 11) is 1.55. The molecule has 0 aliphatic rings. The van der Waals surface area contributed by atoms with Crippen LogP contribution in [0.5, 0.6) is 0 Å². The Labute approximate surface area is 124 Å². The third-order valence-corrected chi connectivity index (χ3v) is 3.76. The monoisotopic (exact) mass is 316 g/mol. The number of carbonyl (C=O) groups excluding carboxylic acids is 1. The number of carbonyl (C=O) groups is 1. The number of nitrogens with zero attached hydrogens (tertiary/aromatic N) is 2. The highest BCUT2D eigenvalue weighted by atomic mass is 35.5. The van der Waals surface area contributed by atoms with Crippen LogP contribution >= 0.6 is 34.5 Å². The highest BCUT2D eigenvalue weighted by Crippen LogP contribution is 2.26. The number of halogens is 2. The summed E-state index contributed by atoms with van der Waals surface area (Å²) in [5.74, 6) is -0.492. The van der Waals surface area contributed by atoms with Gasteiger partial charge < -0.3 is 5.11 Å². The van der Waals surface area contributed by atoms with Crippen LogP contribution < -0.4 is 4.90 Å². The number of anilines is 1. The first kappa shape index (κ1) is 14.3. The fourth-order valence-electron chi connectivity index (χ4n) is 1.53. The summed E-state index contributed by atoms with van der Waals surface area (Å²) >= 11 is 13.0. The van der Waals surface area contributed by atoms with Crippen molar-refractivity contribution in [1.29, 1.82) is 0 Å². The number of benzene rings is 1. The summed E-state index contributed by atoms with van der Waals surface area (Å²) < 4.78 is 0. The molecule has 0 aliphatic carbocycles. The highest BCUT2D eigenvalue weighted by Gasteiger charge is 2.24. The van der Waals surface area contributed by atoms with Gasteiger partial charge in [-0.1, -0.05) is 23.2 Å². The van der Waals surface area contributed by atoms with Gasteiger partial charge in [-0.3, -0.25) is 9.69 Å². The molecule has 2 rings (SSSR count). The summed E-state index contributed by atoms with van der Waals surface area (Å²) in [4.78, 5) is 17.4. The minimum absolute atomic E-state index is 0.353. The van der Waals surface area contributed by atoms with Gasteiger partial charge in [0.05, 0.1) is 0 Å². The summed E-state index contributed by atoms with van der Waals surface area (Å²) in [6.07, 6.45) is 0.261. The van der Waals surface area contributed by atoms with Crippen molar-refractivity contribution in [3.05, 3.63) is 45.4 Å². The lowest BCUT2D eigenvalue weighted by Gasteiger charge is -2.18. The molecule has 1 amide bonds. The zero-order valence-corrected chi connectivity index (χ0v) is 12.2. The van der Waals surface area contributed by atoms with Crippen molar-refractivity contribution in [2.45, 2.75) is 6.10 Å². The molecule has 1 unspecified atom stereocenters. The molecule has 2 aromatic rings. The maximum atomic E-state index is 12.1. The molecular formula is C12H10Cl2N2O2S. The minimum Gasteiger partial charge on any atom is -0.378 e. The van der Waals surface area contributed by atoms with E-state index in [1.807, 2.05) is 0 Å². The minimum atomic E-state index is -1.33. The Balaban J connectivity index is 2.23. The molecule has 0 bridgehead atoms.